The third kappa shape index (κ3) is 5.36. The fraction of sp³-hybridized carbons (Fsp3) is 0.440. The van der Waals surface area contributed by atoms with E-state index in [9.17, 15) is 4.79 Å². The van der Waals surface area contributed by atoms with Crippen LogP contribution in [0.3, 0.4) is 0 Å². The Morgan fingerprint density at radius 3 is 2.65 bits per heavy atom. The lowest BCUT2D eigenvalue weighted by molar-refractivity contribution is -0.128. The van der Waals surface area contributed by atoms with Crippen LogP contribution in [-0.4, -0.2) is 63.2 Å². The summed E-state index contributed by atoms with van der Waals surface area (Å²) in [5.41, 5.74) is 9.58. The third-order valence-corrected chi connectivity index (χ3v) is 6.42. The van der Waals surface area contributed by atoms with Crippen molar-refractivity contribution >= 4 is 11.7 Å². The molecule has 4 heterocycles. The summed E-state index contributed by atoms with van der Waals surface area (Å²) in [4.78, 5) is 25.2. The Morgan fingerprint density at radius 1 is 1.26 bits per heavy atom. The number of carbonyl (C=O) groups is 1. The van der Waals surface area contributed by atoms with E-state index in [0.717, 1.165) is 43.9 Å². The number of carbonyl (C=O) groups excluding carboxylic acids is 1. The smallest absolute Gasteiger partial charge is 0.254 e. The number of amides is 1. The van der Waals surface area contributed by atoms with Gasteiger partial charge in [-0.05, 0) is 43.5 Å². The number of nitrogens with zero attached hydrogens (tertiary/aromatic N) is 4. The van der Waals surface area contributed by atoms with Crippen molar-refractivity contribution in [2.24, 2.45) is 7.05 Å². The number of aryl methyl sites for hydroxylation is 2. The lowest BCUT2D eigenvalue weighted by Crippen LogP contribution is -2.48. The quantitative estimate of drug-likeness (QED) is 0.458. The summed E-state index contributed by atoms with van der Waals surface area (Å²) in [6, 6.07) is 2.21. The van der Waals surface area contributed by atoms with Crippen LogP contribution in [0.1, 0.15) is 30.9 Å². The van der Waals surface area contributed by atoms with Crippen molar-refractivity contribution in [3.63, 3.8) is 0 Å². The minimum absolute atomic E-state index is 0.0139. The number of nitrogens with one attached hydrogen (secondary N) is 1. The molecule has 4 rings (SSSR count). The topological polar surface area (TPSA) is 102 Å². The first-order chi connectivity index (χ1) is 16.3. The lowest BCUT2D eigenvalue weighted by Gasteiger charge is -2.35. The van der Waals surface area contributed by atoms with Gasteiger partial charge in [0.2, 0.25) is 6.79 Å². The van der Waals surface area contributed by atoms with E-state index in [1.807, 2.05) is 30.4 Å². The fourth-order valence-electron chi connectivity index (χ4n) is 4.20. The van der Waals surface area contributed by atoms with E-state index in [1.165, 1.54) is 11.3 Å². The SMILES string of the molecule is C=C(C)C(=CC1=C(C)OCO1)C(=O)N1CCN(Cc2cc(CCc3ncc(N)n3C)c[nH]2)CC1. The van der Waals surface area contributed by atoms with Gasteiger partial charge in [-0.15, -0.1) is 0 Å². The molecule has 3 N–H and O–H groups in total. The Hall–Kier alpha value is -3.46. The normalized spacial score (nSPS) is 17.1. The van der Waals surface area contributed by atoms with Gasteiger partial charge >= 0.3 is 0 Å². The number of H-pyrrole nitrogens is 1. The lowest BCUT2D eigenvalue weighted by atomic mass is 10.1. The number of piperazine rings is 1. The van der Waals surface area contributed by atoms with Crippen LogP contribution in [0, 0.1) is 0 Å². The number of hydrogen-bond donors (Lipinski definition) is 2. The summed E-state index contributed by atoms with van der Waals surface area (Å²) in [6.45, 7) is 11.7. The summed E-state index contributed by atoms with van der Waals surface area (Å²) >= 11 is 0. The van der Waals surface area contributed by atoms with Crippen molar-refractivity contribution in [2.45, 2.75) is 33.2 Å². The van der Waals surface area contributed by atoms with E-state index < -0.39 is 0 Å². The molecule has 0 radical (unpaired) electrons. The molecule has 0 spiro atoms. The molecule has 2 aromatic rings. The van der Waals surface area contributed by atoms with Crippen molar-refractivity contribution < 1.29 is 14.3 Å². The molecule has 34 heavy (non-hydrogen) atoms. The van der Waals surface area contributed by atoms with Gasteiger partial charge in [-0.25, -0.2) is 4.98 Å². The van der Waals surface area contributed by atoms with Crippen LogP contribution < -0.4 is 5.73 Å². The molecule has 2 aromatic heterocycles. The number of ether oxygens (including phenoxy) is 2. The number of allylic oxidation sites excluding steroid dienone is 2. The maximum atomic E-state index is 13.2. The maximum Gasteiger partial charge on any atom is 0.254 e. The molecule has 9 heteroatoms. The molecular formula is C25H34N6O3. The number of nitrogens with two attached hydrogens (primary N) is 1. The fourth-order valence-corrected chi connectivity index (χ4v) is 4.20. The molecule has 1 saturated heterocycles. The van der Waals surface area contributed by atoms with E-state index in [1.54, 1.807) is 12.3 Å². The highest BCUT2D eigenvalue weighted by Crippen LogP contribution is 2.22. The highest BCUT2D eigenvalue weighted by atomic mass is 16.7. The van der Waals surface area contributed by atoms with E-state index in [-0.39, 0.29) is 12.7 Å². The predicted molar refractivity (Wildman–Crippen MR) is 130 cm³/mol. The van der Waals surface area contributed by atoms with Crippen molar-refractivity contribution in [2.75, 3.05) is 38.7 Å². The first-order valence-electron chi connectivity index (χ1n) is 11.6. The predicted octanol–water partition coefficient (Wildman–Crippen LogP) is 2.50. The molecule has 0 saturated carbocycles. The molecule has 0 unspecified atom stereocenters. The Kier molecular flexibility index (Phi) is 7.12. The minimum Gasteiger partial charge on any atom is -0.458 e. The Balaban J connectivity index is 1.29. The second kappa shape index (κ2) is 10.2. The monoisotopic (exact) mass is 466 g/mol. The first-order valence-corrected chi connectivity index (χ1v) is 11.6. The van der Waals surface area contributed by atoms with Crippen LogP contribution in [0.25, 0.3) is 0 Å². The second-order valence-electron chi connectivity index (χ2n) is 8.93. The van der Waals surface area contributed by atoms with Gasteiger partial charge in [0.15, 0.2) is 5.76 Å². The molecule has 0 atom stereocenters. The third-order valence-electron chi connectivity index (χ3n) is 6.42. The molecule has 9 nitrogen and oxygen atoms in total. The number of anilines is 1. The number of hydrogen-bond acceptors (Lipinski definition) is 6. The summed E-state index contributed by atoms with van der Waals surface area (Å²) < 4.78 is 12.7. The van der Waals surface area contributed by atoms with Gasteiger partial charge in [0.1, 0.15) is 17.4 Å². The Bertz CT molecular complexity index is 1120. The van der Waals surface area contributed by atoms with Crippen molar-refractivity contribution in [3.05, 3.63) is 70.9 Å². The van der Waals surface area contributed by atoms with E-state index in [0.29, 0.717) is 36.0 Å². The van der Waals surface area contributed by atoms with Crippen molar-refractivity contribution in [1.29, 1.82) is 0 Å². The number of imidazole rings is 1. The van der Waals surface area contributed by atoms with Crippen LogP contribution in [0.2, 0.25) is 0 Å². The average molecular weight is 467 g/mol. The number of rotatable bonds is 8. The van der Waals surface area contributed by atoms with Gasteiger partial charge in [0, 0.05) is 63.7 Å². The maximum absolute atomic E-state index is 13.2. The largest absolute Gasteiger partial charge is 0.458 e. The average Bonchev–Trinajstić information content (AvgIpc) is 3.52. The molecule has 0 aromatic carbocycles. The minimum atomic E-state index is -0.0139. The van der Waals surface area contributed by atoms with Crippen LogP contribution in [0.15, 0.2) is 53.8 Å². The van der Waals surface area contributed by atoms with Crippen LogP contribution in [-0.2, 0) is 40.7 Å². The second-order valence-corrected chi connectivity index (χ2v) is 8.93. The molecule has 1 fully saturated rings. The molecule has 1 amide bonds. The molecule has 0 bridgehead atoms. The zero-order valence-corrected chi connectivity index (χ0v) is 20.3. The standard InChI is InChI=1S/C25H34N6O3/c1-17(2)21(12-22-18(3)33-16-34-22)25(32)31-9-7-30(8-10-31)15-20-11-19(13-27-20)5-6-24-28-14-23(26)29(24)4/h11-14,27H,1,5-10,15-16,26H2,2-4H3. The van der Waals surface area contributed by atoms with Gasteiger partial charge in [0.05, 0.1) is 6.20 Å². The zero-order chi connectivity index (χ0) is 24.2. The van der Waals surface area contributed by atoms with E-state index in [2.05, 4.69) is 33.7 Å². The van der Waals surface area contributed by atoms with Gasteiger partial charge in [-0.3, -0.25) is 9.69 Å². The Morgan fingerprint density at radius 2 is 2.03 bits per heavy atom. The first kappa shape index (κ1) is 23.7. The van der Waals surface area contributed by atoms with E-state index >= 15 is 0 Å². The van der Waals surface area contributed by atoms with Crippen LogP contribution >= 0.6 is 0 Å². The zero-order valence-electron chi connectivity index (χ0n) is 20.3. The van der Waals surface area contributed by atoms with Crippen LogP contribution in [0.4, 0.5) is 5.82 Å². The van der Waals surface area contributed by atoms with Crippen molar-refractivity contribution in [3.8, 4) is 0 Å². The molecule has 182 valence electrons. The highest BCUT2D eigenvalue weighted by molar-refractivity contribution is 5.98. The van der Waals surface area contributed by atoms with Crippen LogP contribution in [0.5, 0.6) is 0 Å². The Labute approximate surface area is 200 Å². The number of aromatic nitrogens is 3. The molecule has 2 aliphatic rings. The highest BCUT2D eigenvalue weighted by Gasteiger charge is 2.25. The molecule has 0 aliphatic carbocycles. The van der Waals surface area contributed by atoms with E-state index in [4.69, 9.17) is 15.2 Å². The molecule has 2 aliphatic heterocycles. The van der Waals surface area contributed by atoms with Crippen molar-refractivity contribution in [1.82, 2.24) is 24.3 Å². The summed E-state index contributed by atoms with van der Waals surface area (Å²) in [7, 11) is 1.94. The number of nitrogen functional groups attached to an aromatic ring is 1. The summed E-state index contributed by atoms with van der Waals surface area (Å²) in [6.07, 6.45) is 7.27. The number of aromatic amines is 1. The van der Waals surface area contributed by atoms with Gasteiger partial charge < -0.3 is 29.7 Å². The van der Waals surface area contributed by atoms with Gasteiger partial charge in [-0.1, -0.05) is 6.58 Å². The summed E-state index contributed by atoms with van der Waals surface area (Å²) in [5, 5.41) is 0. The molecular weight excluding hydrogens is 432 g/mol. The van der Waals surface area contributed by atoms with Gasteiger partial charge in [-0.2, -0.15) is 0 Å². The van der Waals surface area contributed by atoms with Gasteiger partial charge in [0.25, 0.3) is 5.91 Å². The summed E-state index contributed by atoms with van der Waals surface area (Å²) in [5.74, 6) is 2.94.